The summed E-state index contributed by atoms with van der Waals surface area (Å²) in [7, 11) is 1.92. The topological polar surface area (TPSA) is 30.7 Å². The summed E-state index contributed by atoms with van der Waals surface area (Å²) in [6.45, 7) is 7.90. The number of aryl methyl sites for hydroxylation is 2. The van der Waals surface area contributed by atoms with Gasteiger partial charge in [-0.3, -0.25) is 0 Å². The molecule has 0 saturated heterocycles. The second kappa shape index (κ2) is 4.93. The minimum Gasteiger partial charge on any atom is -0.247 e. The van der Waals surface area contributed by atoms with Crippen molar-refractivity contribution in [2.24, 2.45) is 7.05 Å². The second-order valence-electron chi connectivity index (χ2n) is 4.91. The Bertz CT molecular complexity index is 720. The monoisotopic (exact) mass is 263 g/mol. The average Bonchev–Trinajstić information content (AvgIpc) is 2.83. The van der Waals surface area contributed by atoms with E-state index in [1.54, 1.807) is 0 Å². The molecule has 1 aliphatic carbocycles. The van der Waals surface area contributed by atoms with Crippen LogP contribution in [0, 0.1) is 0 Å². The lowest BCUT2D eigenvalue weighted by atomic mass is 9.89. The fraction of sp³-hybridized carbons (Fsp3) is 0.176. The third-order valence-electron chi connectivity index (χ3n) is 3.81. The third-order valence-corrected chi connectivity index (χ3v) is 3.81. The van der Waals surface area contributed by atoms with Crippen molar-refractivity contribution < 1.29 is 0 Å². The lowest BCUT2D eigenvalue weighted by Crippen LogP contribution is -2.04. The summed E-state index contributed by atoms with van der Waals surface area (Å²) >= 11 is 0. The maximum atomic E-state index is 4.36. The van der Waals surface area contributed by atoms with Gasteiger partial charge in [0.1, 0.15) is 5.69 Å². The standard InChI is InChI=1S/C17H17N3/c1-4-12-10-11-13-8-6-7-9-15(13)16-17(14(12)5-2)20(3)19-18-16/h4-9H,1-2,10-11H2,3H3/b14-12-. The number of rotatable bonds is 2. The number of nitrogens with zero attached hydrogens (tertiary/aromatic N) is 3. The van der Waals surface area contributed by atoms with Crippen LogP contribution in [0.3, 0.4) is 0 Å². The first kappa shape index (κ1) is 12.6. The molecule has 0 spiro atoms. The van der Waals surface area contributed by atoms with Crippen LogP contribution < -0.4 is 0 Å². The van der Waals surface area contributed by atoms with Gasteiger partial charge in [-0.1, -0.05) is 54.8 Å². The molecule has 3 heteroatoms. The van der Waals surface area contributed by atoms with Gasteiger partial charge in [0.25, 0.3) is 0 Å². The SMILES string of the molecule is C=C/C1=C(\C=C)c2c(nnn2C)-c2ccccc2CC1. The Kier molecular flexibility index (Phi) is 3.11. The molecule has 20 heavy (non-hydrogen) atoms. The molecule has 1 heterocycles. The smallest absolute Gasteiger partial charge is 0.121 e. The highest BCUT2D eigenvalue weighted by Gasteiger charge is 2.21. The zero-order valence-corrected chi connectivity index (χ0v) is 11.6. The number of hydrogen-bond acceptors (Lipinski definition) is 2. The lowest BCUT2D eigenvalue weighted by molar-refractivity contribution is 0.707. The molecule has 0 saturated carbocycles. The van der Waals surface area contributed by atoms with Crippen molar-refractivity contribution in [1.82, 2.24) is 15.0 Å². The summed E-state index contributed by atoms with van der Waals surface area (Å²) in [6, 6.07) is 8.39. The Balaban J connectivity index is 2.36. The van der Waals surface area contributed by atoms with Gasteiger partial charge in [0, 0.05) is 18.2 Å². The first-order valence-electron chi connectivity index (χ1n) is 6.72. The van der Waals surface area contributed by atoms with Crippen molar-refractivity contribution in [2.75, 3.05) is 0 Å². The summed E-state index contributed by atoms with van der Waals surface area (Å²) in [4.78, 5) is 0. The predicted octanol–water partition coefficient (Wildman–Crippen LogP) is 3.55. The number of aromatic nitrogens is 3. The molecular weight excluding hydrogens is 246 g/mol. The van der Waals surface area contributed by atoms with E-state index in [0.29, 0.717) is 0 Å². The summed E-state index contributed by atoms with van der Waals surface area (Å²) in [5, 5.41) is 8.56. The zero-order valence-electron chi connectivity index (χ0n) is 11.6. The minimum absolute atomic E-state index is 0.928. The molecule has 3 rings (SSSR count). The molecule has 0 aliphatic heterocycles. The molecule has 0 N–H and O–H groups in total. The number of hydrogen-bond donors (Lipinski definition) is 0. The van der Waals surface area contributed by atoms with E-state index in [4.69, 9.17) is 0 Å². The molecule has 0 fully saturated rings. The van der Waals surface area contributed by atoms with E-state index in [-0.39, 0.29) is 0 Å². The van der Waals surface area contributed by atoms with Crippen molar-refractivity contribution in [3.8, 4) is 11.3 Å². The van der Waals surface area contributed by atoms with Crippen molar-refractivity contribution in [3.63, 3.8) is 0 Å². The van der Waals surface area contributed by atoms with Crippen LogP contribution in [0.15, 0.2) is 55.1 Å². The quantitative estimate of drug-likeness (QED) is 0.829. The Morgan fingerprint density at radius 3 is 2.70 bits per heavy atom. The van der Waals surface area contributed by atoms with Gasteiger partial charge in [0.15, 0.2) is 0 Å². The van der Waals surface area contributed by atoms with Crippen LogP contribution in [0.2, 0.25) is 0 Å². The number of benzene rings is 1. The van der Waals surface area contributed by atoms with Crippen LogP contribution in [0.25, 0.3) is 16.8 Å². The van der Waals surface area contributed by atoms with E-state index in [2.05, 4.69) is 41.7 Å². The van der Waals surface area contributed by atoms with E-state index in [1.807, 2.05) is 29.9 Å². The molecule has 1 aromatic heterocycles. The van der Waals surface area contributed by atoms with Crippen molar-refractivity contribution in [2.45, 2.75) is 12.8 Å². The van der Waals surface area contributed by atoms with Crippen molar-refractivity contribution in [3.05, 3.63) is 66.4 Å². The summed E-state index contributed by atoms with van der Waals surface area (Å²) in [6.07, 6.45) is 5.73. The van der Waals surface area contributed by atoms with Gasteiger partial charge in [-0.2, -0.15) is 0 Å². The maximum Gasteiger partial charge on any atom is 0.121 e. The fourth-order valence-corrected chi connectivity index (χ4v) is 2.81. The van der Waals surface area contributed by atoms with Gasteiger partial charge in [0.05, 0.1) is 5.69 Å². The Morgan fingerprint density at radius 2 is 1.95 bits per heavy atom. The van der Waals surface area contributed by atoms with Crippen LogP contribution in [-0.4, -0.2) is 15.0 Å². The summed E-state index contributed by atoms with van der Waals surface area (Å²) in [5.74, 6) is 0. The zero-order chi connectivity index (χ0) is 14.1. The molecule has 0 radical (unpaired) electrons. The van der Waals surface area contributed by atoms with E-state index in [1.165, 1.54) is 11.1 Å². The molecular formula is C17H17N3. The summed E-state index contributed by atoms with van der Waals surface area (Å²) in [5.41, 5.74) is 6.69. The predicted molar refractivity (Wildman–Crippen MR) is 82.1 cm³/mol. The average molecular weight is 263 g/mol. The van der Waals surface area contributed by atoms with Gasteiger partial charge >= 0.3 is 0 Å². The van der Waals surface area contributed by atoms with Crippen LogP contribution >= 0.6 is 0 Å². The molecule has 1 aliphatic rings. The molecule has 2 aromatic rings. The van der Waals surface area contributed by atoms with Gasteiger partial charge < -0.3 is 0 Å². The highest BCUT2D eigenvalue weighted by molar-refractivity contribution is 5.85. The van der Waals surface area contributed by atoms with Crippen LogP contribution in [0.5, 0.6) is 0 Å². The van der Waals surface area contributed by atoms with E-state index < -0.39 is 0 Å². The van der Waals surface area contributed by atoms with Crippen molar-refractivity contribution in [1.29, 1.82) is 0 Å². The molecule has 0 atom stereocenters. The van der Waals surface area contributed by atoms with Gasteiger partial charge in [-0.25, -0.2) is 4.68 Å². The van der Waals surface area contributed by atoms with Gasteiger partial charge in [-0.05, 0) is 24.0 Å². The minimum atomic E-state index is 0.928. The van der Waals surface area contributed by atoms with E-state index in [9.17, 15) is 0 Å². The Hall–Kier alpha value is -2.42. The molecule has 0 unspecified atom stereocenters. The number of fused-ring (bicyclic) bond motifs is 3. The molecule has 0 amide bonds. The first-order valence-corrected chi connectivity index (χ1v) is 6.72. The molecule has 3 nitrogen and oxygen atoms in total. The number of allylic oxidation sites excluding steroid dienone is 4. The Labute approximate surface area is 118 Å². The fourth-order valence-electron chi connectivity index (χ4n) is 2.81. The van der Waals surface area contributed by atoms with Gasteiger partial charge in [0.2, 0.25) is 0 Å². The lowest BCUT2D eigenvalue weighted by Gasteiger charge is -2.17. The van der Waals surface area contributed by atoms with Crippen LogP contribution in [-0.2, 0) is 13.5 Å². The Morgan fingerprint density at radius 1 is 1.15 bits per heavy atom. The van der Waals surface area contributed by atoms with Crippen molar-refractivity contribution >= 4 is 5.57 Å². The second-order valence-corrected chi connectivity index (χ2v) is 4.91. The van der Waals surface area contributed by atoms with E-state index in [0.717, 1.165) is 35.4 Å². The molecule has 100 valence electrons. The largest absolute Gasteiger partial charge is 0.247 e. The maximum absolute atomic E-state index is 4.36. The highest BCUT2D eigenvalue weighted by Crippen LogP contribution is 2.35. The third kappa shape index (κ3) is 1.83. The molecule has 0 bridgehead atoms. The van der Waals surface area contributed by atoms with Gasteiger partial charge in [-0.15, -0.1) is 5.10 Å². The summed E-state index contributed by atoms with van der Waals surface area (Å²) < 4.78 is 1.82. The first-order chi connectivity index (χ1) is 9.76. The molecule has 1 aromatic carbocycles. The highest BCUT2D eigenvalue weighted by atomic mass is 15.4. The van der Waals surface area contributed by atoms with Crippen LogP contribution in [0.1, 0.15) is 17.7 Å². The van der Waals surface area contributed by atoms with E-state index >= 15 is 0 Å². The van der Waals surface area contributed by atoms with Crippen LogP contribution in [0.4, 0.5) is 0 Å². The normalized spacial score (nSPS) is 17.6.